The summed E-state index contributed by atoms with van der Waals surface area (Å²) in [7, 11) is 3.04. The van der Waals surface area contributed by atoms with Crippen molar-refractivity contribution in [2.75, 3.05) is 14.2 Å². The van der Waals surface area contributed by atoms with Gasteiger partial charge in [0.25, 0.3) is 0 Å². The Morgan fingerprint density at radius 1 is 0.833 bits per heavy atom. The Bertz CT molecular complexity index is 597. The Labute approximate surface area is 103 Å². The minimum atomic E-state index is -0.0543. The van der Waals surface area contributed by atoms with Gasteiger partial charge < -0.3 is 9.47 Å². The van der Waals surface area contributed by atoms with E-state index in [9.17, 15) is 4.79 Å². The highest BCUT2D eigenvalue weighted by molar-refractivity contribution is 6.21. The number of fused-ring (bicyclic) bond motifs is 3. The van der Waals surface area contributed by atoms with Crippen LogP contribution in [0.25, 0.3) is 11.1 Å². The van der Waals surface area contributed by atoms with Crippen LogP contribution < -0.4 is 9.47 Å². The molecule has 1 aliphatic carbocycles. The first-order chi connectivity index (χ1) is 8.74. The summed E-state index contributed by atoms with van der Waals surface area (Å²) in [5.41, 5.74) is 2.75. The summed E-state index contributed by atoms with van der Waals surface area (Å²) in [6.45, 7) is 0. The molecule has 0 aromatic carbocycles. The topological polar surface area (TPSA) is 61.3 Å². The van der Waals surface area contributed by atoms with Crippen molar-refractivity contribution in [3.63, 3.8) is 0 Å². The van der Waals surface area contributed by atoms with Gasteiger partial charge in [0.15, 0.2) is 5.78 Å². The highest BCUT2D eigenvalue weighted by Gasteiger charge is 2.28. The predicted molar refractivity (Wildman–Crippen MR) is 64.0 cm³/mol. The summed E-state index contributed by atoms with van der Waals surface area (Å²) in [5.74, 6) is 0.797. The number of hydrogen-bond donors (Lipinski definition) is 0. The van der Waals surface area contributed by atoms with Gasteiger partial charge in [0.2, 0.25) is 11.8 Å². The second-order valence-corrected chi connectivity index (χ2v) is 3.87. The average Bonchev–Trinajstić information content (AvgIpc) is 2.71. The first-order valence-corrected chi connectivity index (χ1v) is 5.37. The van der Waals surface area contributed by atoms with Gasteiger partial charge in [-0.25, -0.2) is 9.97 Å². The van der Waals surface area contributed by atoms with Crippen LogP contribution in [0.3, 0.4) is 0 Å². The number of rotatable bonds is 2. The third-order valence-electron chi connectivity index (χ3n) is 2.96. The lowest BCUT2D eigenvalue weighted by atomic mass is 10.1. The minimum absolute atomic E-state index is 0.0543. The Balaban J connectivity index is 2.21. The molecule has 0 fully saturated rings. The number of hydrogen-bond acceptors (Lipinski definition) is 5. The molecule has 0 unspecified atom stereocenters. The number of aromatic nitrogens is 2. The van der Waals surface area contributed by atoms with E-state index in [4.69, 9.17) is 9.47 Å². The van der Waals surface area contributed by atoms with Gasteiger partial charge in [0.1, 0.15) is 0 Å². The van der Waals surface area contributed by atoms with Crippen LogP contribution in [-0.4, -0.2) is 30.0 Å². The van der Waals surface area contributed by atoms with Crippen LogP contribution in [-0.2, 0) is 0 Å². The maximum atomic E-state index is 12.3. The summed E-state index contributed by atoms with van der Waals surface area (Å²) < 4.78 is 10.1. The van der Waals surface area contributed by atoms with E-state index in [2.05, 4.69) is 9.97 Å². The first kappa shape index (κ1) is 10.7. The van der Waals surface area contributed by atoms with E-state index in [-0.39, 0.29) is 5.78 Å². The molecular weight excluding hydrogens is 232 g/mol. The zero-order valence-corrected chi connectivity index (χ0v) is 9.93. The quantitative estimate of drug-likeness (QED) is 0.684. The second kappa shape index (κ2) is 3.80. The van der Waals surface area contributed by atoms with Crippen molar-refractivity contribution >= 4 is 5.78 Å². The lowest BCUT2D eigenvalue weighted by Gasteiger charge is -2.02. The number of pyridine rings is 2. The summed E-state index contributed by atoms with van der Waals surface area (Å²) in [6.07, 6.45) is 3.26. The molecule has 0 N–H and O–H groups in total. The van der Waals surface area contributed by atoms with Gasteiger partial charge in [-0.3, -0.25) is 4.79 Å². The maximum Gasteiger partial charge on any atom is 0.213 e. The van der Waals surface area contributed by atoms with Crippen LogP contribution >= 0.6 is 0 Å². The molecule has 2 aromatic rings. The van der Waals surface area contributed by atoms with Gasteiger partial charge >= 0.3 is 0 Å². The van der Waals surface area contributed by atoms with E-state index in [0.717, 1.165) is 11.1 Å². The number of nitrogens with zero attached hydrogens (tertiary/aromatic N) is 2. The van der Waals surface area contributed by atoms with E-state index in [1.165, 1.54) is 14.2 Å². The molecule has 90 valence electrons. The van der Waals surface area contributed by atoms with Gasteiger partial charge in [-0.15, -0.1) is 0 Å². The highest BCUT2D eigenvalue weighted by atomic mass is 16.5. The van der Waals surface area contributed by atoms with E-state index >= 15 is 0 Å². The lowest BCUT2D eigenvalue weighted by molar-refractivity contribution is 0.104. The molecule has 0 radical (unpaired) electrons. The summed E-state index contributed by atoms with van der Waals surface area (Å²) in [6, 6.07) is 3.29. The average molecular weight is 242 g/mol. The predicted octanol–water partition coefficient (Wildman–Crippen LogP) is 1.71. The molecule has 18 heavy (non-hydrogen) atoms. The van der Waals surface area contributed by atoms with Crippen molar-refractivity contribution in [3.8, 4) is 22.9 Å². The Kier molecular flexibility index (Phi) is 2.26. The number of ether oxygens (including phenoxy) is 2. The third-order valence-corrected chi connectivity index (χ3v) is 2.96. The monoisotopic (exact) mass is 242 g/mol. The summed E-state index contributed by atoms with van der Waals surface area (Å²) >= 11 is 0. The van der Waals surface area contributed by atoms with Crippen LogP contribution in [0.5, 0.6) is 11.8 Å². The van der Waals surface area contributed by atoms with Crippen molar-refractivity contribution in [2.45, 2.75) is 0 Å². The van der Waals surface area contributed by atoms with Crippen LogP contribution in [0.15, 0.2) is 24.5 Å². The normalized spacial score (nSPS) is 12.0. The molecular formula is C13H10N2O3. The van der Waals surface area contributed by atoms with E-state index in [1.807, 2.05) is 0 Å². The standard InChI is InChI=1S/C13H10N2O3/c1-17-11-3-7-9(5-14-11)10-6-15-12(18-2)4-8(10)13(7)16/h3-6H,1-2H3. The van der Waals surface area contributed by atoms with Crippen LogP contribution in [0.2, 0.25) is 0 Å². The smallest absolute Gasteiger partial charge is 0.213 e. The fraction of sp³-hybridized carbons (Fsp3) is 0.154. The molecule has 2 heterocycles. The van der Waals surface area contributed by atoms with Gasteiger partial charge in [-0.2, -0.15) is 0 Å². The van der Waals surface area contributed by atoms with Crippen molar-refractivity contribution in [3.05, 3.63) is 35.7 Å². The van der Waals surface area contributed by atoms with Gasteiger partial charge in [0.05, 0.1) is 14.2 Å². The summed E-state index contributed by atoms with van der Waals surface area (Å²) in [4.78, 5) is 20.5. The van der Waals surface area contributed by atoms with E-state index in [1.54, 1.807) is 24.5 Å². The Morgan fingerprint density at radius 2 is 1.28 bits per heavy atom. The molecule has 0 saturated carbocycles. The fourth-order valence-electron chi connectivity index (χ4n) is 2.05. The molecule has 0 spiro atoms. The van der Waals surface area contributed by atoms with Crippen molar-refractivity contribution in [1.29, 1.82) is 0 Å². The van der Waals surface area contributed by atoms with Crippen LogP contribution in [0.4, 0.5) is 0 Å². The van der Waals surface area contributed by atoms with E-state index in [0.29, 0.717) is 22.9 Å². The second-order valence-electron chi connectivity index (χ2n) is 3.87. The first-order valence-electron chi connectivity index (χ1n) is 5.37. The van der Waals surface area contributed by atoms with Gasteiger partial charge in [-0.1, -0.05) is 0 Å². The molecule has 1 aliphatic rings. The Morgan fingerprint density at radius 3 is 1.67 bits per heavy atom. The minimum Gasteiger partial charge on any atom is -0.481 e. The van der Waals surface area contributed by atoms with Crippen molar-refractivity contribution in [1.82, 2.24) is 9.97 Å². The molecule has 2 aromatic heterocycles. The zero-order valence-electron chi connectivity index (χ0n) is 9.93. The van der Waals surface area contributed by atoms with E-state index < -0.39 is 0 Å². The van der Waals surface area contributed by atoms with Gasteiger partial charge in [0, 0.05) is 46.8 Å². The largest absolute Gasteiger partial charge is 0.481 e. The third kappa shape index (κ3) is 1.37. The molecule has 0 atom stereocenters. The molecule has 0 aliphatic heterocycles. The molecule has 0 amide bonds. The molecule has 5 heteroatoms. The SMILES string of the molecule is COc1cc2c(cn1)-c1cnc(OC)cc1C2=O. The molecule has 5 nitrogen and oxygen atoms in total. The molecule has 3 rings (SSSR count). The van der Waals surface area contributed by atoms with Crippen LogP contribution in [0, 0.1) is 0 Å². The van der Waals surface area contributed by atoms with Crippen molar-refractivity contribution in [2.24, 2.45) is 0 Å². The molecule has 0 bridgehead atoms. The number of carbonyl (C=O) groups is 1. The van der Waals surface area contributed by atoms with Gasteiger partial charge in [-0.05, 0) is 0 Å². The Hall–Kier alpha value is -2.43. The number of carbonyl (C=O) groups excluding carboxylic acids is 1. The molecule has 0 saturated heterocycles. The fourth-order valence-corrected chi connectivity index (χ4v) is 2.05. The van der Waals surface area contributed by atoms with Crippen LogP contribution in [0.1, 0.15) is 15.9 Å². The number of ketones is 1. The lowest BCUT2D eigenvalue weighted by Crippen LogP contribution is -1.97. The highest BCUT2D eigenvalue weighted by Crippen LogP contribution is 2.37. The summed E-state index contributed by atoms with van der Waals surface area (Å²) in [5, 5.41) is 0. The zero-order chi connectivity index (χ0) is 12.7. The number of methoxy groups -OCH3 is 2. The maximum absolute atomic E-state index is 12.3. The van der Waals surface area contributed by atoms with Crippen molar-refractivity contribution < 1.29 is 14.3 Å².